The molecular formula is C24H27N3O2. The lowest BCUT2D eigenvalue weighted by molar-refractivity contribution is 0.0765. The summed E-state index contributed by atoms with van der Waals surface area (Å²) < 4.78 is 6.25. The molecule has 29 heavy (non-hydrogen) atoms. The van der Waals surface area contributed by atoms with Gasteiger partial charge in [0.1, 0.15) is 11.9 Å². The summed E-state index contributed by atoms with van der Waals surface area (Å²) in [6.45, 7) is 7.09. The summed E-state index contributed by atoms with van der Waals surface area (Å²) in [5, 5.41) is 0. The third-order valence-corrected chi connectivity index (χ3v) is 4.98. The average Bonchev–Trinajstić information content (AvgIpc) is 2.76. The lowest BCUT2D eigenvalue weighted by Gasteiger charge is -2.32. The fraction of sp³-hybridized carbons (Fsp3) is 0.333. The van der Waals surface area contributed by atoms with Crippen molar-refractivity contribution in [2.24, 2.45) is 0 Å². The van der Waals surface area contributed by atoms with Gasteiger partial charge in [0.2, 0.25) is 0 Å². The summed E-state index contributed by atoms with van der Waals surface area (Å²) >= 11 is 0. The number of rotatable bonds is 8. The van der Waals surface area contributed by atoms with E-state index in [0.717, 1.165) is 38.2 Å². The van der Waals surface area contributed by atoms with Crippen LogP contribution in [0, 0.1) is 12.3 Å². The van der Waals surface area contributed by atoms with Crippen LogP contribution in [0.5, 0.6) is 5.75 Å². The topological polar surface area (TPSA) is 45.7 Å². The molecule has 0 saturated carbocycles. The van der Waals surface area contributed by atoms with Gasteiger partial charge in [-0.2, -0.15) is 0 Å². The van der Waals surface area contributed by atoms with Crippen LogP contribution in [-0.4, -0.2) is 53.0 Å². The number of terminal acetylenes is 1. The Hall–Kier alpha value is -3.10. The van der Waals surface area contributed by atoms with Crippen molar-refractivity contribution in [2.75, 3.05) is 26.2 Å². The molecule has 3 rings (SSSR count). The van der Waals surface area contributed by atoms with Crippen LogP contribution < -0.4 is 4.74 Å². The minimum Gasteiger partial charge on any atom is -0.489 e. The monoisotopic (exact) mass is 389 g/mol. The Bertz CT molecular complexity index is 852. The number of hydrogen-bond acceptors (Lipinski definition) is 4. The summed E-state index contributed by atoms with van der Waals surface area (Å²) in [4.78, 5) is 21.3. The van der Waals surface area contributed by atoms with E-state index in [9.17, 15) is 4.79 Å². The van der Waals surface area contributed by atoms with E-state index in [4.69, 9.17) is 11.2 Å². The third kappa shape index (κ3) is 5.69. The summed E-state index contributed by atoms with van der Waals surface area (Å²) in [6.07, 6.45) is 10.8. The first-order valence-electron chi connectivity index (χ1n) is 9.93. The highest BCUT2D eigenvalue weighted by Crippen LogP contribution is 2.25. The van der Waals surface area contributed by atoms with Gasteiger partial charge in [-0.3, -0.25) is 14.7 Å². The third-order valence-electron chi connectivity index (χ3n) is 4.98. The molecule has 5 nitrogen and oxygen atoms in total. The molecule has 1 aliphatic rings. The molecule has 1 aromatic heterocycles. The van der Waals surface area contributed by atoms with Gasteiger partial charge >= 0.3 is 0 Å². The lowest BCUT2D eigenvalue weighted by Crippen LogP contribution is -2.38. The number of aromatic nitrogens is 1. The van der Waals surface area contributed by atoms with Gasteiger partial charge < -0.3 is 9.64 Å². The van der Waals surface area contributed by atoms with E-state index in [1.165, 1.54) is 0 Å². The molecule has 2 aromatic rings. The number of ether oxygens (including phenoxy) is 1. The van der Waals surface area contributed by atoms with Gasteiger partial charge in [0, 0.05) is 32.4 Å². The van der Waals surface area contributed by atoms with Crippen LogP contribution in [0.15, 0.2) is 61.3 Å². The van der Waals surface area contributed by atoms with Crippen molar-refractivity contribution in [1.82, 2.24) is 14.8 Å². The average molecular weight is 389 g/mol. The van der Waals surface area contributed by atoms with Crippen molar-refractivity contribution in [3.05, 3.63) is 72.6 Å². The van der Waals surface area contributed by atoms with Crippen LogP contribution in [0.2, 0.25) is 0 Å². The van der Waals surface area contributed by atoms with E-state index in [2.05, 4.69) is 28.4 Å². The first-order valence-corrected chi connectivity index (χ1v) is 9.93. The smallest absolute Gasteiger partial charge is 0.258 e. The number of benzene rings is 1. The molecule has 0 N–H and O–H groups in total. The molecule has 0 radical (unpaired) electrons. The van der Waals surface area contributed by atoms with Gasteiger partial charge in [-0.15, -0.1) is 13.0 Å². The van der Waals surface area contributed by atoms with Crippen molar-refractivity contribution < 1.29 is 9.53 Å². The number of nitrogens with zero attached hydrogens (tertiary/aromatic N) is 3. The molecule has 1 saturated heterocycles. The number of hydrogen-bond donors (Lipinski definition) is 0. The zero-order valence-corrected chi connectivity index (χ0v) is 16.7. The standard InChI is InChI=1S/C24H27N3O2/c1-3-15-27(16-4-2)24(28)22-10-5-6-11-23(22)29-21-12-17-26(18-13-21)19-20-9-7-8-14-25-20/h1,4-11,14,21H,2,12-13,15-19H2. The lowest BCUT2D eigenvalue weighted by atomic mass is 10.1. The summed E-state index contributed by atoms with van der Waals surface area (Å²) in [6, 6.07) is 13.4. The molecule has 1 aliphatic heterocycles. The van der Waals surface area contributed by atoms with Gasteiger partial charge in [-0.25, -0.2) is 0 Å². The Labute approximate surface area is 173 Å². The van der Waals surface area contributed by atoms with E-state index in [-0.39, 0.29) is 18.6 Å². The molecule has 0 unspecified atom stereocenters. The predicted molar refractivity (Wildman–Crippen MR) is 115 cm³/mol. The zero-order valence-electron chi connectivity index (χ0n) is 16.7. The SMILES string of the molecule is C#CCN(CC=C)C(=O)c1ccccc1OC1CCN(Cc2ccccn2)CC1. The molecular weight excluding hydrogens is 362 g/mol. The molecule has 1 amide bonds. The number of amides is 1. The van der Waals surface area contributed by atoms with Crippen LogP contribution in [0.3, 0.4) is 0 Å². The molecule has 1 aromatic carbocycles. The first kappa shape index (κ1) is 20.6. The van der Waals surface area contributed by atoms with Crippen molar-refractivity contribution in [3.8, 4) is 18.1 Å². The minimum absolute atomic E-state index is 0.0874. The molecule has 1 fully saturated rings. The molecule has 0 bridgehead atoms. The van der Waals surface area contributed by atoms with Crippen molar-refractivity contribution in [3.63, 3.8) is 0 Å². The van der Waals surface area contributed by atoms with E-state index in [1.54, 1.807) is 17.0 Å². The number of pyridine rings is 1. The maximum absolute atomic E-state index is 12.9. The maximum Gasteiger partial charge on any atom is 0.258 e. The number of para-hydroxylation sites is 1. The predicted octanol–water partition coefficient (Wildman–Crippen LogP) is 3.39. The Balaban J connectivity index is 1.61. The minimum atomic E-state index is -0.133. The molecule has 150 valence electrons. The normalized spacial score (nSPS) is 14.7. The van der Waals surface area contributed by atoms with E-state index in [0.29, 0.717) is 17.9 Å². The van der Waals surface area contributed by atoms with Crippen molar-refractivity contribution in [2.45, 2.75) is 25.5 Å². The van der Waals surface area contributed by atoms with Crippen LogP contribution in [0.25, 0.3) is 0 Å². The first-order chi connectivity index (χ1) is 14.2. The summed E-state index contributed by atoms with van der Waals surface area (Å²) in [5.74, 6) is 3.02. The van der Waals surface area contributed by atoms with Gasteiger partial charge in [-0.1, -0.05) is 30.2 Å². The van der Waals surface area contributed by atoms with Crippen LogP contribution in [-0.2, 0) is 6.54 Å². The fourth-order valence-corrected chi connectivity index (χ4v) is 3.49. The second-order valence-electron chi connectivity index (χ2n) is 7.09. The Morgan fingerprint density at radius 3 is 2.72 bits per heavy atom. The highest BCUT2D eigenvalue weighted by atomic mass is 16.5. The number of likely N-dealkylation sites (tertiary alicyclic amines) is 1. The molecule has 2 heterocycles. The number of piperidine rings is 1. The largest absolute Gasteiger partial charge is 0.489 e. The summed E-state index contributed by atoms with van der Waals surface area (Å²) in [7, 11) is 0. The van der Waals surface area contributed by atoms with Crippen LogP contribution >= 0.6 is 0 Å². The van der Waals surface area contributed by atoms with E-state index in [1.807, 2.05) is 36.5 Å². The van der Waals surface area contributed by atoms with Crippen molar-refractivity contribution >= 4 is 5.91 Å². The highest BCUT2D eigenvalue weighted by Gasteiger charge is 2.24. The van der Waals surface area contributed by atoms with Gasteiger partial charge in [0.15, 0.2) is 0 Å². The number of carbonyl (C=O) groups is 1. The van der Waals surface area contributed by atoms with E-state index >= 15 is 0 Å². The Morgan fingerprint density at radius 2 is 2.03 bits per heavy atom. The second kappa shape index (κ2) is 10.4. The highest BCUT2D eigenvalue weighted by molar-refractivity contribution is 5.97. The molecule has 0 atom stereocenters. The van der Waals surface area contributed by atoms with E-state index < -0.39 is 0 Å². The van der Waals surface area contributed by atoms with Gasteiger partial charge in [0.05, 0.1) is 17.8 Å². The fourth-order valence-electron chi connectivity index (χ4n) is 3.49. The van der Waals surface area contributed by atoms with Crippen molar-refractivity contribution in [1.29, 1.82) is 0 Å². The second-order valence-corrected chi connectivity index (χ2v) is 7.09. The van der Waals surface area contributed by atoms with Gasteiger partial charge in [0.25, 0.3) is 5.91 Å². The number of carbonyl (C=O) groups excluding carboxylic acids is 1. The molecule has 5 heteroatoms. The van der Waals surface area contributed by atoms with Gasteiger partial charge in [-0.05, 0) is 37.1 Å². The quantitative estimate of drug-likeness (QED) is 0.513. The molecule has 0 aliphatic carbocycles. The van der Waals surface area contributed by atoms with Crippen LogP contribution in [0.1, 0.15) is 28.9 Å². The zero-order chi connectivity index (χ0) is 20.5. The Kier molecular flexibility index (Phi) is 7.43. The maximum atomic E-state index is 12.9. The molecule has 0 spiro atoms. The summed E-state index contributed by atoms with van der Waals surface area (Å²) in [5.41, 5.74) is 1.62. The van der Waals surface area contributed by atoms with Crippen LogP contribution in [0.4, 0.5) is 0 Å². The Morgan fingerprint density at radius 1 is 1.28 bits per heavy atom.